The van der Waals surface area contributed by atoms with E-state index in [1.807, 2.05) is 13.8 Å². The second kappa shape index (κ2) is 6.80. The van der Waals surface area contributed by atoms with Gasteiger partial charge < -0.3 is 14.8 Å². The molecule has 0 saturated heterocycles. The summed E-state index contributed by atoms with van der Waals surface area (Å²) in [6, 6.07) is 9.06. The summed E-state index contributed by atoms with van der Waals surface area (Å²) in [4.78, 5) is 11.8. The summed E-state index contributed by atoms with van der Waals surface area (Å²) in [6.45, 7) is 5.33. The zero-order valence-electron chi connectivity index (χ0n) is 12.3. The number of ether oxygens (including phenoxy) is 2. The molecule has 1 rings (SSSR count). The van der Waals surface area contributed by atoms with Crippen molar-refractivity contribution in [2.24, 2.45) is 5.92 Å². The fourth-order valence-corrected chi connectivity index (χ4v) is 1.45. The number of amides is 1. The highest BCUT2D eigenvalue weighted by atomic mass is 16.5. The molecule has 0 saturated carbocycles. The predicted octanol–water partition coefficient (Wildman–Crippen LogP) is 2.13. The number of hydrogen-bond acceptors (Lipinski definition) is 4. The molecule has 5 heteroatoms. The topological polar surface area (TPSA) is 71.3 Å². The average molecular weight is 276 g/mol. The standard InChI is InChI=1S/C15H20N2O3/c1-11(2)15(3,10-16)17-14(18)9-20-13-7-5-12(19-4)6-8-13/h5-8,11H,9H2,1-4H3,(H,17,18)/t15-/m1/s1. The van der Waals surface area contributed by atoms with Crippen molar-refractivity contribution in [2.45, 2.75) is 26.3 Å². The largest absolute Gasteiger partial charge is 0.497 e. The number of carbonyl (C=O) groups excluding carboxylic acids is 1. The van der Waals surface area contributed by atoms with E-state index in [-0.39, 0.29) is 18.4 Å². The molecule has 108 valence electrons. The van der Waals surface area contributed by atoms with E-state index in [1.54, 1.807) is 38.3 Å². The van der Waals surface area contributed by atoms with Gasteiger partial charge in [0, 0.05) is 0 Å². The van der Waals surface area contributed by atoms with Gasteiger partial charge in [0.15, 0.2) is 6.61 Å². The number of carbonyl (C=O) groups is 1. The summed E-state index contributed by atoms with van der Waals surface area (Å²) in [7, 11) is 1.58. The third kappa shape index (κ3) is 4.16. The molecule has 1 atom stereocenters. The highest BCUT2D eigenvalue weighted by Crippen LogP contribution is 2.17. The Labute approximate surface area is 119 Å². The lowest BCUT2D eigenvalue weighted by Gasteiger charge is -2.27. The number of nitrogens with zero attached hydrogens (tertiary/aromatic N) is 1. The molecule has 0 aromatic heterocycles. The molecule has 1 N–H and O–H groups in total. The van der Waals surface area contributed by atoms with E-state index in [0.29, 0.717) is 5.75 Å². The van der Waals surface area contributed by atoms with Gasteiger partial charge in [-0.3, -0.25) is 4.79 Å². The second-order valence-electron chi connectivity index (χ2n) is 4.98. The van der Waals surface area contributed by atoms with Crippen LogP contribution in [-0.2, 0) is 4.79 Å². The molecule has 1 aromatic carbocycles. The van der Waals surface area contributed by atoms with E-state index >= 15 is 0 Å². The fourth-order valence-electron chi connectivity index (χ4n) is 1.45. The van der Waals surface area contributed by atoms with Crippen molar-refractivity contribution in [3.8, 4) is 17.6 Å². The average Bonchev–Trinajstić information content (AvgIpc) is 2.45. The molecule has 0 fully saturated rings. The van der Waals surface area contributed by atoms with Crippen LogP contribution in [-0.4, -0.2) is 25.2 Å². The van der Waals surface area contributed by atoms with E-state index in [1.165, 1.54) is 0 Å². The molecule has 0 heterocycles. The first-order valence-corrected chi connectivity index (χ1v) is 6.40. The molecule has 1 amide bonds. The molecular weight excluding hydrogens is 256 g/mol. The monoisotopic (exact) mass is 276 g/mol. The lowest BCUT2D eigenvalue weighted by molar-refractivity contribution is -0.124. The summed E-state index contributed by atoms with van der Waals surface area (Å²) >= 11 is 0. The second-order valence-corrected chi connectivity index (χ2v) is 4.98. The first-order valence-electron chi connectivity index (χ1n) is 6.40. The van der Waals surface area contributed by atoms with E-state index in [0.717, 1.165) is 5.75 Å². The van der Waals surface area contributed by atoms with Gasteiger partial charge in [0.25, 0.3) is 5.91 Å². The Bertz CT molecular complexity index is 491. The number of methoxy groups -OCH3 is 1. The predicted molar refractivity (Wildman–Crippen MR) is 75.5 cm³/mol. The first kappa shape index (κ1) is 15.8. The van der Waals surface area contributed by atoms with Crippen molar-refractivity contribution in [1.29, 1.82) is 5.26 Å². The molecule has 1 aromatic rings. The van der Waals surface area contributed by atoms with Gasteiger partial charge in [0.1, 0.15) is 17.0 Å². The van der Waals surface area contributed by atoms with E-state index < -0.39 is 5.54 Å². The Kier molecular flexibility index (Phi) is 5.39. The Hall–Kier alpha value is -2.22. The van der Waals surface area contributed by atoms with Crippen LogP contribution in [0.15, 0.2) is 24.3 Å². The van der Waals surface area contributed by atoms with Crippen molar-refractivity contribution in [2.75, 3.05) is 13.7 Å². The normalized spacial score (nSPS) is 13.2. The van der Waals surface area contributed by atoms with E-state index in [4.69, 9.17) is 14.7 Å². The van der Waals surface area contributed by atoms with Crippen LogP contribution in [0.1, 0.15) is 20.8 Å². The van der Waals surface area contributed by atoms with Gasteiger partial charge in [-0.15, -0.1) is 0 Å². The van der Waals surface area contributed by atoms with Crippen LogP contribution in [0.25, 0.3) is 0 Å². The third-order valence-corrected chi connectivity index (χ3v) is 3.22. The number of nitriles is 1. The summed E-state index contributed by atoms with van der Waals surface area (Å²) in [6.07, 6.45) is 0. The highest BCUT2D eigenvalue weighted by molar-refractivity contribution is 5.78. The summed E-state index contributed by atoms with van der Waals surface area (Å²) in [5.74, 6) is 0.985. The van der Waals surface area contributed by atoms with Crippen molar-refractivity contribution in [3.63, 3.8) is 0 Å². The molecule has 0 aliphatic rings. The van der Waals surface area contributed by atoms with E-state index in [2.05, 4.69) is 11.4 Å². The molecule has 0 radical (unpaired) electrons. The quantitative estimate of drug-likeness (QED) is 0.864. The summed E-state index contributed by atoms with van der Waals surface area (Å²) in [5.41, 5.74) is -0.889. The number of benzene rings is 1. The van der Waals surface area contributed by atoms with Crippen LogP contribution >= 0.6 is 0 Å². The van der Waals surface area contributed by atoms with Gasteiger partial charge in [-0.05, 0) is 37.1 Å². The van der Waals surface area contributed by atoms with Crippen LogP contribution in [0, 0.1) is 17.2 Å². The zero-order valence-corrected chi connectivity index (χ0v) is 12.3. The van der Waals surface area contributed by atoms with Crippen molar-refractivity contribution in [3.05, 3.63) is 24.3 Å². The molecule has 0 aliphatic heterocycles. The van der Waals surface area contributed by atoms with E-state index in [9.17, 15) is 4.79 Å². The van der Waals surface area contributed by atoms with Crippen LogP contribution in [0.3, 0.4) is 0 Å². The van der Waals surface area contributed by atoms with Crippen LogP contribution in [0.4, 0.5) is 0 Å². The minimum absolute atomic E-state index is 0.0115. The molecule has 5 nitrogen and oxygen atoms in total. The Balaban J connectivity index is 2.53. The molecule has 20 heavy (non-hydrogen) atoms. The number of nitrogens with one attached hydrogen (secondary N) is 1. The Morgan fingerprint density at radius 1 is 1.35 bits per heavy atom. The molecular formula is C15H20N2O3. The number of hydrogen-bond donors (Lipinski definition) is 1. The smallest absolute Gasteiger partial charge is 0.259 e. The Morgan fingerprint density at radius 3 is 2.35 bits per heavy atom. The van der Waals surface area contributed by atoms with Crippen molar-refractivity contribution >= 4 is 5.91 Å². The number of rotatable bonds is 6. The van der Waals surface area contributed by atoms with Gasteiger partial charge in [-0.2, -0.15) is 5.26 Å². The van der Waals surface area contributed by atoms with Crippen LogP contribution in [0.5, 0.6) is 11.5 Å². The van der Waals surface area contributed by atoms with Gasteiger partial charge in [-0.1, -0.05) is 13.8 Å². The van der Waals surface area contributed by atoms with Crippen molar-refractivity contribution in [1.82, 2.24) is 5.32 Å². The lowest BCUT2D eigenvalue weighted by atomic mass is 9.90. The fraction of sp³-hybridized carbons (Fsp3) is 0.467. The zero-order chi connectivity index (χ0) is 15.2. The maximum absolute atomic E-state index is 11.8. The third-order valence-electron chi connectivity index (χ3n) is 3.22. The minimum atomic E-state index is -0.889. The highest BCUT2D eigenvalue weighted by Gasteiger charge is 2.29. The molecule has 0 unspecified atom stereocenters. The maximum Gasteiger partial charge on any atom is 0.259 e. The SMILES string of the molecule is COc1ccc(OCC(=O)N[C@](C)(C#N)C(C)C)cc1. The molecule has 0 aliphatic carbocycles. The summed E-state index contributed by atoms with van der Waals surface area (Å²) in [5, 5.41) is 11.8. The maximum atomic E-state index is 11.8. The Morgan fingerprint density at radius 2 is 1.90 bits per heavy atom. The van der Waals surface area contributed by atoms with Crippen molar-refractivity contribution < 1.29 is 14.3 Å². The van der Waals surface area contributed by atoms with Gasteiger partial charge in [0.2, 0.25) is 0 Å². The van der Waals surface area contributed by atoms with Crippen LogP contribution < -0.4 is 14.8 Å². The van der Waals surface area contributed by atoms with Gasteiger partial charge in [0.05, 0.1) is 13.2 Å². The van der Waals surface area contributed by atoms with Gasteiger partial charge in [-0.25, -0.2) is 0 Å². The van der Waals surface area contributed by atoms with Crippen LogP contribution in [0.2, 0.25) is 0 Å². The first-order chi connectivity index (χ1) is 9.41. The van der Waals surface area contributed by atoms with Gasteiger partial charge >= 0.3 is 0 Å². The summed E-state index contributed by atoms with van der Waals surface area (Å²) < 4.78 is 10.4. The minimum Gasteiger partial charge on any atom is -0.497 e. The molecule has 0 spiro atoms. The molecule has 0 bridgehead atoms. The lowest BCUT2D eigenvalue weighted by Crippen LogP contribution is -2.50.